The van der Waals surface area contributed by atoms with Gasteiger partial charge < -0.3 is 9.47 Å². The number of rotatable bonds is 3. The molecule has 2 atom stereocenters. The summed E-state index contributed by atoms with van der Waals surface area (Å²) in [6.45, 7) is 5.08. The summed E-state index contributed by atoms with van der Waals surface area (Å²) < 4.78 is 12.5. The van der Waals surface area contributed by atoms with Gasteiger partial charge in [0.2, 0.25) is 0 Å². The van der Waals surface area contributed by atoms with E-state index >= 15 is 0 Å². The smallest absolute Gasteiger partial charge is 0.157 e. The first kappa shape index (κ1) is 13.5. The van der Waals surface area contributed by atoms with Crippen LogP contribution < -0.4 is 0 Å². The fraction of sp³-hybridized carbons (Fsp3) is 0.846. The second-order valence-corrected chi connectivity index (χ2v) is 6.00. The third-order valence-corrected chi connectivity index (χ3v) is 4.23. The van der Waals surface area contributed by atoms with Crippen molar-refractivity contribution in [2.24, 2.45) is 5.92 Å². The molecule has 1 fully saturated rings. The Labute approximate surface area is 112 Å². The maximum Gasteiger partial charge on any atom is 0.157 e. The van der Waals surface area contributed by atoms with Gasteiger partial charge in [0, 0.05) is 23.5 Å². The first-order valence-electron chi connectivity index (χ1n) is 6.47. The average molecular weight is 304 g/mol. The Balaban J connectivity index is 1.83. The van der Waals surface area contributed by atoms with E-state index in [4.69, 9.17) is 9.47 Å². The molecule has 0 N–H and O–H groups in total. The van der Waals surface area contributed by atoms with E-state index in [2.05, 4.69) is 40.9 Å². The second kappa shape index (κ2) is 6.32. The van der Waals surface area contributed by atoms with Gasteiger partial charge in [-0.25, -0.2) is 0 Å². The normalized spacial score (nSPS) is 32.5. The summed E-state index contributed by atoms with van der Waals surface area (Å²) in [4.78, 5) is 2.41. The van der Waals surface area contributed by atoms with E-state index < -0.39 is 0 Å². The lowest BCUT2D eigenvalue weighted by molar-refractivity contribution is -0.182. The second-order valence-electron chi connectivity index (χ2n) is 5.09. The molecule has 1 unspecified atom stereocenters. The Morgan fingerprint density at radius 2 is 2.06 bits per heavy atom. The molecule has 2 aliphatic heterocycles. The highest BCUT2D eigenvalue weighted by molar-refractivity contribution is 9.11. The molecule has 1 saturated heterocycles. The number of hydrogen-bond donors (Lipinski definition) is 0. The van der Waals surface area contributed by atoms with E-state index in [9.17, 15) is 0 Å². The van der Waals surface area contributed by atoms with Crippen molar-refractivity contribution in [1.82, 2.24) is 4.90 Å². The lowest BCUT2D eigenvalue weighted by atomic mass is 9.99. The van der Waals surface area contributed by atoms with Crippen molar-refractivity contribution < 1.29 is 9.47 Å². The zero-order valence-electron chi connectivity index (χ0n) is 10.7. The van der Waals surface area contributed by atoms with Gasteiger partial charge in [0.25, 0.3) is 0 Å². The fourth-order valence-corrected chi connectivity index (χ4v) is 3.61. The maximum absolute atomic E-state index is 5.59. The molecule has 2 heterocycles. The SMILES string of the molecule is CC1C=C(Br)[C@@H](CCC2OCCCO2)N(C)C1. The van der Waals surface area contributed by atoms with Crippen LogP contribution in [0.15, 0.2) is 10.6 Å². The lowest BCUT2D eigenvalue weighted by Gasteiger charge is -2.35. The third-order valence-electron chi connectivity index (χ3n) is 3.44. The van der Waals surface area contributed by atoms with Gasteiger partial charge in [-0.15, -0.1) is 0 Å². The Kier molecular flexibility index (Phi) is 5.03. The molecule has 2 aliphatic rings. The number of halogens is 1. The minimum Gasteiger partial charge on any atom is -0.353 e. The highest BCUT2D eigenvalue weighted by atomic mass is 79.9. The van der Waals surface area contributed by atoms with Crippen LogP contribution in [0, 0.1) is 5.92 Å². The standard InChI is InChI=1S/C13H22BrNO2/c1-10-8-11(14)12(15(2)9-10)4-5-13-16-6-3-7-17-13/h8,10,12-13H,3-7,9H2,1-2H3/t10?,12-/m1/s1. The summed E-state index contributed by atoms with van der Waals surface area (Å²) >= 11 is 3.70. The molecule has 3 nitrogen and oxygen atoms in total. The average Bonchev–Trinajstić information content (AvgIpc) is 2.29. The van der Waals surface area contributed by atoms with Crippen LogP contribution in [0.25, 0.3) is 0 Å². The Morgan fingerprint density at radius 3 is 2.71 bits per heavy atom. The topological polar surface area (TPSA) is 21.7 Å². The van der Waals surface area contributed by atoms with E-state index in [1.165, 1.54) is 4.48 Å². The Bertz CT molecular complexity index is 277. The first-order chi connectivity index (χ1) is 8.16. The van der Waals surface area contributed by atoms with Gasteiger partial charge in [0.05, 0.1) is 13.2 Å². The molecule has 17 heavy (non-hydrogen) atoms. The molecule has 0 aliphatic carbocycles. The maximum atomic E-state index is 5.59. The van der Waals surface area contributed by atoms with E-state index in [-0.39, 0.29) is 6.29 Å². The summed E-state index contributed by atoms with van der Waals surface area (Å²) in [5, 5.41) is 0. The summed E-state index contributed by atoms with van der Waals surface area (Å²) in [6, 6.07) is 0.486. The predicted octanol–water partition coefficient (Wildman–Crippen LogP) is 2.76. The van der Waals surface area contributed by atoms with Crippen molar-refractivity contribution in [1.29, 1.82) is 0 Å². The van der Waals surface area contributed by atoms with Crippen LogP contribution in [0.4, 0.5) is 0 Å². The minimum absolute atomic E-state index is 0.0109. The van der Waals surface area contributed by atoms with Crippen LogP contribution in [0.1, 0.15) is 26.2 Å². The summed E-state index contributed by atoms with van der Waals surface area (Å²) in [6.07, 6.45) is 5.43. The van der Waals surface area contributed by atoms with Crippen LogP contribution >= 0.6 is 15.9 Å². The molecule has 0 bridgehead atoms. The van der Waals surface area contributed by atoms with Gasteiger partial charge in [0.15, 0.2) is 6.29 Å². The van der Waals surface area contributed by atoms with Crippen molar-refractivity contribution in [3.63, 3.8) is 0 Å². The monoisotopic (exact) mass is 303 g/mol. The number of nitrogens with zero attached hydrogens (tertiary/aromatic N) is 1. The largest absolute Gasteiger partial charge is 0.353 e. The van der Waals surface area contributed by atoms with Gasteiger partial charge in [-0.1, -0.05) is 28.9 Å². The van der Waals surface area contributed by atoms with E-state index in [0.717, 1.165) is 39.0 Å². The zero-order valence-corrected chi connectivity index (χ0v) is 12.3. The number of ether oxygens (including phenoxy) is 2. The number of hydrogen-bond acceptors (Lipinski definition) is 3. The minimum atomic E-state index is 0.0109. The molecule has 2 rings (SSSR count). The van der Waals surface area contributed by atoms with Crippen molar-refractivity contribution >= 4 is 15.9 Å². The zero-order chi connectivity index (χ0) is 12.3. The molecular weight excluding hydrogens is 282 g/mol. The van der Waals surface area contributed by atoms with Crippen molar-refractivity contribution in [2.45, 2.75) is 38.5 Å². The predicted molar refractivity (Wildman–Crippen MR) is 72.1 cm³/mol. The van der Waals surface area contributed by atoms with Gasteiger partial charge in [-0.2, -0.15) is 0 Å². The summed E-state index contributed by atoms with van der Waals surface area (Å²) in [5.74, 6) is 0.632. The molecule has 0 aromatic heterocycles. The Morgan fingerprint density at radius 1 is 1.35 bits per heavy atom. The molecule has 0 aromatic carbocycles. The van der Waals surface area contributed by atoms with E-state index in [1.54, 1.807) is 0 Å². The molecule has 0 amide bonds. The van der Waals surface area contributed by atoms with Crippen molar-refractivity contribution in [3.05, 3.63) is 10.6 Å². The van der Waals surface area contributed by atoms with Crippen LogP contribution in [-0.2, 0) is 9.47 Å². The first-order valence-corrected chi connectivity index (χ1v) is 7.27. The highest BCUT2D eigenvalue weighted by Crippen LogP contribution is 2.28. The fourth-order valence-electron chi connectivity index (χ4n) is 2.58. The van der Waals surface area contributed by atoms with Crippen molar-refractivity contribution in [3.8, 4) is 0 Å². The quantitative estimate of drug-likeness (QED) is 0.800. The van der Waals surface area contributed by atoms with Gasteiger partial charge in [-0.3, -0.25) is 4.90 Å². The van der Waals surface area contributed by atoms with Crippen LogP contribution in [0.5, 0.6) is 0 Å². The van der Waals surface area contributed by atoms with Crippen LogP contribution in [0.2, 0.25) is 0 Å². The van der Waals surface area contributed by atoms with Gasteiger partial charge in [0.1, 0.15) is 0 Å². The van der Waals surface area contributed by atoms with Crippen LogP contribution in [0.3, 0.4) is 0 Å². The highest BCUT2D eigenvalue weighted by Gasteiger charge is 2.25. The molecule has 98 valence electrons. The Hall–Kier alpha value is 0.1000. The number of likely N-dealkylation sites (N-methyl/N-ethyl adjacent to an activating group) is 1. The summed E-state index contributed by atoms with van der Waals surface area (Å²) in [5.41, 5.74) is 0. The van der Waals surface area contributed by atoms with Gasteiger partial charge in [-0.05, 0) is 25.8 Å². The van der Waals surface area contributed by atoms with E-state index in [1.807, 2.05) is 0 Å². The lowest BCUT2D eigenvalue weighted by Crippen LogP contribution is -2.39. The van der Waals surface area contributed by atoms with Crippen LogP contribution in [-0.4, -0.2) is 44.0 Å². The summed E-state index contributed by atoms with van der Waals surface area (Å²) in [7, 11) is 2.19. The van der Waals surface area contributed by atoms with E-state index in [0.29, 0.717) is 12.0 Å². The molecule has 0 radical (unpaired) electrons. The van der Waals surface area contributed by atoms with Crippen molar-refractivity contribution in [2.75, 3.05) is 26.8 Å². The molecule has 0 saturated carbocycles. The molecule has 0 spiro atoms. The third kappa shape index (κ3) is 3.78. The molecule has 4 heteroatoms. The molecular formula is C13H22BrNO2. The van der Waals surface area contributed by atoms with Gasteiger partial charge >= 0.3 is 0 Å². The molecule has 0 aromatic rings.